The minimum Gasteiger partial charge on any atom is -0.380 e. The van der Waals surface area contributed by atoms with Crippen molar-refractivity contribution >= 4 is 40.6 Å². The fourth-order valence-electron chi connectivity index (χ4n) is 2.91. The van der Waals surface area contributed by atoms with Crippen molar-refractivity contribution < 1.29 is 9.53 Å². The number of benzene rings is 1. The summed E-state index contributed by atoms with van der Waals surface area (Å²) in [5, 5.41) is 10.2. The molecule has 6 nitrogen and oxygen atoms in total. The summed E-state index contributed by atoms with van der Waals surface area (Å²) >= 11 is 12.0. The third kappa shape index (κ3) is 4.19. The molecule has 1 atom stereocenters. The van der Waals surface area contributed by atoms with Crippen LogP contribution in [0.25, 0.3) is 0 Å². The van der Waals surface area contributed by atoms with Crippen LogP contribution in [-0.2, 0) is 9.53 Å². The fourth-order valence-corrected chi connectivity index (χ4v) is 3.21. The predicted molar refractivity (Wildman–Crippen MR) is 95.9 cm³/mol. The first-order valence-electron chi connectivity index (χ1n) is 7.90. The van der Waals surface area contributed by atoms with Gasteiger partial charge in [0.15, 0.2) is 0 Å². The van der Waals surface area contributed by atoms with E-state index < -0.39 is 0 Å². The molecule has 1 aromatic rings. The number of nitrogens with one attached hydrogen (secondary N) is 1. The van der Waals surface area contributed by atoms with Crippen LogP contribution in [0.15, 0.2) is 23.3 Å². The number of amides is 1. The Morgan fingerprint density at radius 1 is 1.38 bits per heavy atom. The van der Waals surface area contributed by atoms with Gasteiger partial charge in [-0.3, -0.25) is 14.7 Å². The molecule has 2 heterocycles. The zero-order valence-corrected chi connectivity index (χ0v) is 15.0. The van der Waals surface area contributed by atoms with Gasteiger partial charge in [-0.1, -0.05) is 23.2 Å². The predicted octanol–water partition coefficient (Wildman–Crippen LogP) is 2.35. The van der Waals surface area contributed by atoms with Crippen molar-refractivity contribution in [1.82, 2.24) is 10.2 Å². The van der Waals surface area contributed by atoms with Crippen molar-refractivity contribution in [2.24, 2.45) is 5.10 Å². The molecule has 1 saturated heterocycles. The first-order valence-corrected chi connectivity index (χ1v) is 8.66. The summed E-state index contributed by atoms with van der Waals surface area (Å²) < 4.78 is 5.31. The van der Waals surface area contributed by atoms with Crippen LogP contribution in [0.2, 0.25) is 10.0 Å². The van der Waals surface area contributed by atoms with Gasteiger partial charge in [-0.05, 0) is 24.6 Å². The van der Waals surface area contributed by atoms with E-state index in [4.69, 9.17) is 27.9 Å². The van der Waals surface area contributed by atoms with Crippen LogP contribution in [-0.4, -0.2) is 56.0 Å². The van der Waals surface area contributed by atoms with Crippen LogP contribution < -0.4 is 10.3 Å². The number of ether oxygens (including phenoxy) is 1. The fraction of sp³-hybridized carbons (Fsp3) is 0.500. The number of carbonyl (C=O) groups excluding carboxylic acids is 1. The minimum absolute atomic E-state index is 0.0403. The van der Waals surface area contributed by atoms with Crippen LogP contribution in [0.5, 0.6) is 0 Å². The van der Waals surface area contributed by atoms with E-state index in [1.807, 2.05) is 11.1 Å². The maximum atomic E-state index is 12.2. The van der Waals surface area contributed by atoms with Gasteiger partial charge in [0.05, 0.1) is 28.4 Å². The van der Waals surface area contributed by atoms with Crippen molar-refractivity contribution in [1.29, 1.82) is 0 Å². The number of hydrogen-bond acceptors (Lipinski definition) is 5. The van der Waals surface area contributed by atoms with E-state index in [9.17, 15) is 4.79 Å². The van der Waals surface area contributed by atoms with E-state index >= 15 is 0 Å². The Morgan fingerprint density at radius 2 is 2.21 bits per heavy atom. The molecule has 1 fully saturated rings. The molecule has 130 valence electrons. The molecule has 0 bridgehead atoms. The quantitative estimate of drug-likeness (QED) is 0.883. The average molecular weight is 371 g/mol. The summed E-state index contributed by atoms with van der Waals surface area (Å²) in [6.45, 7) is 2.74. The lowest BCUT2D eigenvalue weighted by Gasteiger charge is -2.15. The van der Waals surface area contributed by atoms with E-state index in [1.165, 1.54) is 0 Å². The first-order chi connectivity index (χ1) is 11.5. The van der Waals surface area contributed by atoms with E-state index in [0.29, 0.717) is 35.4 Å². The number of hydrazone groups is 1. The maximum Gasteiger partial charge on any atom is 0.239 e. The van der Waals surface area contributed by atoms with Crippen molar-refractivity contribution in [2.75, 3.05) is 38.3 Å². The summed E-state index contributed by atoms with van der Waals surface area (Å²) in [5.41, 5.74) is 0.858. The summed E-state index contributed by atoms with van der Waals surface area (Å²) in [5.74, 6) is 0.634. The highest BCUT2D eigenvalue weighted by atomic mass is 35.5. The number of hydrogen-bond donors (Lipinski definition) is 1. The molecule has 8 heteroatoms. The molecule has 2 aliphatic heterocycles. The second kappa shape index (κ2) is 7.70. The Balaban J connectivity index is 1.54. The molecule has 0 aliphatic carbocycles. The maximum absolute atomic E-state index is 12.2. The van der Waals surface area contributed by atoms with Crippen molar-refractivity contribution in [3.05, 3.63) is 28.2 Å². The van der Waals surface area contributed by atoms with Gasteiger partial charge in [-0.2, -0.15) is 5.10 Å². The highest BCUT2D eigenvalue weighted by Crippen LogP contribution is 2.28. The molecule has 2 aliphatic rings. The lowest BCUT2D eigenvalue weighted by atomic mass is 10.3. The number of nitrogens with zero attached hydrogens (tertiary/aromatic N) is 3. The van der Waals surface area contributed by atoms with Gasteiger partial charge in [0.2, 0.25) is 5.91 Å². The lowest BCUT2D eigenvalue weighted by Crippen LogP contribution is -2.39. The highest BCUT2D eigenvalue weighted by Gasteiger charge is 2.25. The highest BCUT2D eigenvalue weighted by molar-refractivity contribution is 6.42. The molecule has 1 amide bonds. The summed E-state index contributed by atoms with van der Waals surface area (Å²) in [7, 11) is 1.71. The molecular weight excluding hydrogens is 351 g/mol. The van der Waals surface area contributed by atoms with E-state index in [1.54, 1.807) is 19.2 Å². The zero-order valence-electron chi connectivity index (χ0n) is 13.5. The summed E-state index contributed by atoms with van der Waals surface area (Å²) in [4.78, 5) is 14.3. The first kappa shape index (κ1) is 17.5. The molecule has 1 N–H and O–H groups in total. The molecule has 0 aromatic heterocycles. The Bertz CT molecular complexity index is 653. The largest absolute Gasteiger partial charge is 0.380 e. The van der Waals surface area contributed by atoms with Gasteiger partial charge in [-0.25, -0.2) is 0 Å². The van der Waals surface area contributed by atoms with Crippen LogP contribution >= 0.6 is 23.2 Å². The van der Waals surface area contributed by atoms with Crippen LogP contribution in [0.4, 0.5) is 5.69 Å². The monoisotopic (exact) mass is 370 g/mol. The van der Waals surface area contributed by atoms with Gasteiger partial charge >= 0.3 is 0 Å². The Labute approximate surface area is 151 Å². The second-order valence-electron chi connectivity index (χ2n) is 5.95. The molecule has 0 saturated carbocycles. The van der Waals surface area contributed by atoms with Crippen LogP contribution in [0.1, 0.15) is 12.8 Å². The van der Waals surface area contributed by atoms with Gasteiger partial charge in [0.25, 0.3) is 0 Å². The third-order valence-corrected chi connectivity index (χ3v) is 4.96. The van der Waals surface area contributed by atoms with Crippen LogP contribution in [0.3, 0.4) is 0 Å². The van der Waals surface area contributed by atoms with Crippen molar-refractivity contribution in [2.45, 2.75) is 18.9 Å². The molecule has 0 unspecified atom stereocenters. The third-order valence-electron chi connectivity index (χ3n) is 4.22. The van der Waals surface area contributed by atoms with Crippen LogP contribution in [0, 0.1) is 0 Å². The summed E-state index contributed by atoms with van der Waals surface area (Å²) in [6, 6.07) is 5.37. The average Bonchev–Trinajstić information content (AvgIpc) is 3.19. The number of halogens is 2. The van der Waals surface area contributed by atoms with Crippen molar-refractivity contribution in [3.8, 4) is 0 Å². The van der Waals surface area contributed by atoms with E-state index in [-0.39, 0.29) is 12.0 Å². The molecule has 24 heavy (non-hydrogen) atoms. The standard InChI is InChI=1S/C16H20Cl2N4O2/c1-24-12-4-6-21(9-12)10-16(23)19-15-5-7-22(20-15)11-2-3-13(17)14(18)8-11/h2-3,8,12H,4-7,9-10H2,1H3,(H,19,20,23)/t12-/m0/s1. The number of likely N-dealkylation sites (tertiary alicyclic amines) is 1. The van der Waals surface area contributed by atoms with Gasteiger partial charge in [-0.15, -0.1) is 0 Å². The Kier molecular flexibility index (Phi) is 5.61. The molecule has 3 rings (SSSR count). The van der Waals surface area contributed by atoms with Gasteiger partial charge in [0.1, 0.15) is 5.84 Å². The van der Waals surface area contributed by atoms with E-state index in [2.05, 4.69) is 15.3 Å². The second-order valence-corrected chi connectivity index (χ2v) is 6.76. The summed E-state index contributed by atoms with van der Waals surface area (Å²) in [6.07, 6.45) is 1.88. The number of carbonyl (C=O) groups is 1. The molecule has 1 aromatic carbocycles. The van der Waals surface area contributed by atoms with Gasteiger partial charge in [0, 0.05) is 33.2 Å². The SMILES string of the molecule is CO[C@H]1CCN(CC(=O)NC2=NN(c3ccc(Cl)c(Cl)c3)CC2)C1. The zero-order chi connectivity index (χ0) is 17.1. The number of amidine groups is 1. The molecular formula is C16H20Cl2N4O2. The van der Waals surface area contributed by atoms with Crippen molar-refractivity contribution in [3.63, 3.8) is 0 Å². The number of anilines is 1. The smallest absolute Gasteiger partial charge is 0.239 e. The molecule has 0 radical (unpaired) electrons. The Morgan fingerprint density at radius 3 is 2.92 bits per heavy atom. The lowest BCUT2D eigenvalue weighted by molar-refractivity contribution is -0.120. The Hall–Kier alpha value is -1.34. The van der Waals surface area contributed by atoms with E-state index in [0.717, 1.165) is 25.2 Å². The number of methoxy groups -OCH3 is 1. The minimum atomic E-state index is -0.0403. The van der Waals surface area contributed by atoms with Gasteiger partial charge < -0.3 is 10.1 Å². The molecule has 0 spiro atoms. The number of rotatable bonds is 4. The normalized spacial score (nSPS) is 21.2. The topological polar surface area (TPSA) is 57.2 Å².